The maximum absolute atomic E-state index is 12.3. The van der Waals surface area contributed by atoms with E-state index in [0.717, 1.165) is 54.8 Å². The Morgan fingerprint density at radius 3 is 2.91 bits per heavy atom. The van der Waals surface area contributed by atoms with Crippen LogP contribution in [-0.4, -0.2) is 60.5 Å². The maximum atomic E-state index is 12.3. The van der Waals surface area contributed by atoms with Crippen LogP contribution >= 0.6 is 0 Å². The van der Waals surface area contributed by atoms with Crippen LogP contribution in [0.2, 0.25) is 0 Å². The molecule has 1 unspecified atom stereocenters. The minimum Gasteiger partial charge on any atom is -0.481 e. The van der Waals surface area contributed by atoms with Gasteiger partial charge in [-0.25, -0.2) is 4.98 Å². The van der Waals surface area contributed by atoms with Crippen LogP contribution in [-0.2, 0) is 17.8 Å². The molecule has 0 bridgehead atoms. The highest BCUT2D eigenvalue weighted by Crippen LogP contribution is 2.33. The highest BCUT2D eigenvalue weighted by Gasteiger charge is 2.28. The molecule has 3 aromatic rings. The van der Waals surface area contributed by atoms with E-state index in [1.807, 2.05) is 36.5 Å². The number of fused-ring (bicyclic) bond motifs is 2. The molecule has 2 aromatic heterocycles. The van der Waals surface area contributed by atoms with E-state index in [0.29, 0.717) is 18.7 Å². The average molecular weight is 460 g/mol. The second kappa shape index (κ2) is 9.69. The summed E-state index contributed by atoms with van der Waals surface area (Å²) >= 11 is 0. The highest BCUT2D eigenvalue weighted by atomic mass is 16.5. The lowest BCUT2D eigenvalue weighted by molar-refractivity contribution is -0.126. The number of carbonyl (C=O) groups is 1. The zero-order valence-corrected chi connectivity index (χ0v) is 19.0. The van der Waals surface area contributed by atoms with Gasteiger partial charge in [0, 0.05) is 25.4 Å². The number of nitrogens with zero attached hydrogens (tertiary/aromatic N) is 4. The number of aliphatic hydroxyl groups is 2. The first kappa shape index (κ1) is 22.2. The number of benzene rings is 1. The fourth-order valence-corrected chi connectivity index (χ4v) is 4.97. The molecular formula is C26H29N5O3. The van der Waals surface area contributed by atoms with Crippen LogP contribution < -0.4 is 0 Å². The third-order valence-electron chi connectivity index (χ3n) is 6.66. The van der Waals surface area contributed by atoms with Crippen LogP contribution in [0, 0.1) is 0 Å². The second-order valence-corrected chi connectivity index (χ2v) is 8.92. The van der Waals surface area contributed by atoms with E-state index in [1.165, 1.54) is 17.7 Å². The molecule has 176 valence electrons. The SMILES string of the molecule is O=C1C=CC(=C(O)O)CN1CCCN(Cc1nc2ccccc2[nH]1)C1CCCc2cccnc21. The maximum Gasteiger partial charge on any atom is 0.279 e. The van der Waals surface area contributed by atoms with Gasteiger partial charge in [0.1, 0.15) is 5.82 Å². The number of aryl methyl sites for hydroxylation is 1. The van der Waals surface area contributed by atoms with Crippen molar-refractivity contribution in [2.45, 2.75) is 38.3 Å². The lowest BCUT2D eigenvalue weighted by Gasteiger charge is -2.35. The van der Waals surface area contributed by atoms with E-state index in [9.17, 15) is 15.0 Å². The third-order valence-corrected chi connectivity index (χ3v) is 6.66. The molecule has 0 fully saturated rings. The number of aliphatic hydroxyl groups excluding tert-OH is 1. The Morgan fingerprint density at radius 1 is 1.18 bits per heavy atom. The van der Waals surface area contributed by atoms with Gasteiger partial charge in [-0.3, -0.25) is 14.7 Å². The molecule has 0 spiro atoms. The van der Waals surface area contributed by atoms with Gasteiger partial charge in [-0.05, 0) is 55.5 Å². The minimum absolute atomic E-state index is 0.112. The molecular weight excluding hydrogens is 430 g/mol. The first-order valence-electron chi connectivity index (χ1n) is 11.8. The number of imidazole rings is 1. The van der Waals surface area contributed by atoms with Crippen molar-refractivity contribution >= 4 is 16.9 Å². The highest BCUT2D eigenvalue weighted by molar-refractivity contribution is 5.89. The monoisotopic (exact) mass is 459 g/mol. The van der Waals surface area contributed by atoms with Gasteiger partial charge in [0.05, 0.1) is 41.4 Å². The van der Waals surface area contributed by atoms with Crippen molar-refractivity contribution in [3.05, 3.63) is 83.3 Å². The summed E-state index contributed by atoms with van der Waals surface area (Å²) < 4.78 is 0. The molecule has 1 aliphatic carbocycles. The summed E-state index contributed by atoms with van der Waals surface area (Å²) in [7, 11) is 0. The van der Waals surface area contributed by atoms with Crippen molar-refractivity contribution in [3.63, 3.8) is 0 Å². The number of carbonyl (C=O) groups excluding carboxylic acids is 1. The van der Waals surface area contributed by atoms with Gasteiger partial charge >= 0.3 is 0 Å². The molecule has 0 saturated carbocycles. The van der Waals surface area contributed by atoms with E-state index >= 15 is 0 Å². The van der Waals surface area contributed by atoms with Gasteiger partial charge in [0.2, 0.25) is 5.91 Å². The summed E-state index contributed by atoms with van der Waals surface area (Å²) in [5.74, 6) is 0.0697. The van der Waals surface area contributed by atoms with Crippen molar-refractivity contribution in [3.8, 4) is 0 Å². The zero-order valence-electron chi connectivity index (χ0n) is 19.0. The second-order valence-electron chi connectivity index (χ2n) is 8.92. The number of nitrogens with one attached hydrogen (secondary N) is 1. The molecule has 2 aliphatic rings. The molecule has 3 N–H and O–H groups in total. The number of aromatic amines is 1. The quantitative estimate of drug-likeness (QED) is 0.462. The summed E-state index contributed by atoms with van der Waals surface area (Å²) in [5.41, 5.74) is 4.77. The number of hydrogen-bond acceptors (Lipinski definition) is 6. The van der Waals surface area contributed by atoms with Crippen LogP contribution in [0.25, 0.3) is 11.0 Å². The van der Waals surface area contributed by atoms with E-state index in [2.05, 4.69) is 16.0 Å². The summed E-state index contributed by atoms with van der Waals surface area (Å²) in [4.78, 5) is 29.3. The molecule has 8 nitrogen and oxygen atoms in total. The fourth-order valence-electron chi connectivity index (χ4n) is 4.97. The lowest BCUT2D eigenvalue weighted by atomic mass is 9.90. The summed E-state index contributed by atoms with van der Waals surface area (Å²) in [6, 6.07) is 12.4. The number of rotatable bonds is 7. The molecule has 1 atom stereocenters. The number of H-pyrrole nitrogens is 1. The van der Waals surface area contributed by atoms with Gasteiger partial charge < -0.3 is 20.1 Å². The Bertz CT molecular complexity index is 1210. The van der Waals surface area contributed by atoms with Gasteiger partial charge in [-0.2, -0.15) is 0 Å². The fraction of sp³-hybridized carbons (Fsp3) is 0.346. The Hall–Kier alpha value is -3.65. The van der Waals surface area contributed by atoms with Gasteiger partial charge in [0.15, 0.2) is 0 Å². The number of para-hydroxylation sites is 2. The van der Waals surface area contributed by atoms with E-state index in [4.69, 9.17) is 9.97 Å². The number of aromatic nitrogens is 3. The van der Waals surface area contributed by atoms with Crippen molar-refractivity contribution in [1.82, 2.24) is 24.8 Å². The molecule has 0 saturated heterocycles. The number of pyridine rings is 1. The van der Waals surface area contributed by atoms with Crippen LogP contribution in [0.15, 0.2) is 66.3 Å². The molecule has 5 rings (SSSR count). The zero-order chi connectivity index (χ0) is 23.5. The topological polar surface area (TPSA) is 106 Å². The Balaban J connectivity index is 1.35. The van der Waals surface area contributed by atoms with Gasteiger partial charge in [0.25, 0.3) is 5.95 Å². The number of hydrogen-bond donors (Lipinski definition) is 3. The van der Waals surface area contributed by atoms with Crippen LogP contribution in [0.4, 0.5) is 0 Å². The lowest BCUT2D eigenvalue weighted by Crippen LogP contribution is -2.38. The molecule has 0 radical (unpaired) electrons. The normalized spacial score (nSPS) is 18.0. The smallest absolute Gasteiger partial charge is 0.279 e. The van der Waals surface area contributed by atoms with Crippen molar-refractivity contribution < 1.29 is 15.0 Å². The van der Waals surface area contributed by atoms with Crippen molar-refractivity contribution in [2.75, 3.05) is 19.6 Å². The summed E-state index contributed by atoms with van der Waals surface area (Å²) in [6.45, 7) is 2.15. The summed E-state index contributed by atoms with van der Waals surface area (Å²) in [5, 5.41) is 18.8. The van der Waals surface area contributed by atoms with E-state index in [1.54, 1.807) is 4.90 Å². The van der Waals surface area contributed by atoms with Crippen molar-refractivity contribution in [2.24, 2.45) is 0 Å². The molecule has 1 aliphatic heterocycles. The third kappa shape index (κ3) is 4.68. The molecule has 1 aromatic carbocycles. The average Bonchev–Trinajstić information content (AvgIpc) is 3.26. The van der Waals surface area contributed by atoms with Crippen LogP contribution in [0.1, 0.15) is 42.4 Å². The summed E-state index contributed by atoms with van der Waals surface area (Å²) in [6.07, 6.45) is 8.65. The minimum atomic E-state index is -0.731. The van der Waals surface area contributed by atoms with Gasteiger partial charge in [-0.15, -0.1) is 0 Å². The standard InChI is InChI=1S/C26H29N5O3/c32-24-12-11-19(26(33)34)16-31(24)15-5-14-30(17-23-28-20-8-1-2-9-21(20)29-23)22-10-3-6-18-7-4-13-27-25(18)22/h1-2,4,7-9,11-13,22,33-34H,3,5-6,10,14-17H2,(H,28,29). The van der Waals surface area contributed by atoms with Crippen LogP contribution in [0.5, 0.6) is 0 Å². The largest absolute Gasteiger partial charge is 0.481 e. The van der Waals surface area contributed by atoms with E-state index in [-0.39, 0.29) is 18.5 Å². The van der Waals surface area contributed by atoms with Gasteiger partial charge in [-0.1, -0.05) is 18.2 Å². The first-order chi connectivity index (χ1) is 16.6. The Labute approximate surface area is 198 Å². The van der Waals surface area contributed by atoms with E-state index < -0.39 is 5.95 Å². The molecule has 34 heavy (non-hydrogen) atoms. The Morgan fingerprint density at radius 2 is 2.06 bits per heavy atom. The Kier molecular flexibility index (Phi) is 6.31. The van der Waals surface area contributed by atoms with Crippen molar-refractivity contribution in [1.29, 1.82) is 0 Å². The predicted molar refractivity (Wildman–Crippen MR) is 129 cm³/mol. The molecule has 8 heteroatoms. The molecule has 1 amide bonds. The molecule has 3 heterocycles. The first-order valence-corrected chi connectivity index (χ1v) is 11.8. The number of amides is 1. The predicted octanol–water partition coefficient (Wildman–Crippen LogP) is 3.95. The van der Waals surface area contributed by atoms with Crippen LogP contribution in [0.3, 0.4) is 0 Å².